The lowest BCUT2D eigenvalue weighted by Gasteiger charge is -2.07. The lowest BCUT2D eigenvalue weighted by molar-refractivity contribution is 0.0599. The fourth-order valence-corrected chi connectivity index (χ4v) is 1.71. The quantitative estimate of drug-likeness (QED) is 0.809. The summed E-state index contributed by atoms with van der Waals surface area (Å²) >= 11 is 0. The number of nitrogens with zero attached hydrogens (tertiary/aromatic N) is 3. The van der Waals surface area contributed by atoms with Gasteiger partial charge in [-0.25, -0.2) is 14.3 Å². The summed E-state index contributed by atoms with van der Waals surface area (Å²) in [4.78, 5) is 23.3. The minimum absolute atomic E-state index is 0.177. The van der Waals surface area contributed by atoms with Crippen molar-refractivity contribution in [1.29, 1.82) is 0 Å². The van der Waals surface area contributed by atoms with E-state index in [1.54, 1.807) is 0 Å². The zero-order chi connectivity index (χ0) is 15.4. The van der Waals surface area contributed by atoms with Crippen LogP contribution < -0.4 is 0 Å². The molecule has 110 valence electrons. The number of benzene rings is 1. The van der Waals surface area contributed by atoms with E-state index in [2.05, 4.69) is 19.8 Å². The minimum Gasteiger partial charge on any atom is -0.465 e. The van der Waals surface area contributed by atoms with E-state index in [-0.39, 0.29) is 17.7 Å². The zero-order valence-corrected chi connectivity index (χ0v) is 11.4. The Kier molecular flexibility index (Phi) is 4.29. The predicted molar refractivity (Wildman–Crippen MR) is 70.0 cm³/mol. The molecule has 0 aliphatic rings. The van der Waals surface area contributed by atoms with Crippen molar-refractivity contribution in [1.82, 2.24) is 15.0 Å². The van der Waals surface area contributed by atoms with E-state index in [0.717, 1.165) is 0 Å². The largest absolute Gasteiger partial charge is 0.465 e. The van der Waals surface area contributed by atoms with Crippen molar-refractivity contribution in [3.63, 3.8) is 0 Å². The summed E-state index contributed by atoms with van der Waals surface area (Å²) in [6.07, 6.45) is 1.48. The standard InChI is InChI=1S/C13H13N3O5/c1-20-12(18)8-3-9(13(19)21-2)5-11(4-8)16-6-10(7-17)14-15-16/h3-6,17H,7H2,1-2H3. The monoisotopic (exact) mass is 291 g/mol. The molecule has 8 heteroatoms. The van der Waals surface area contributed by atoms with E-state index in [1.165, 1.54) is 43.3 Å². The van der Waals surface area contributed by atoms with Gasteiger partial charge >= 0.3 is 11.9 Å². The summed E-state index contributed by atoms with van der Waals surface area (Å²) in [5, 5.41) is 16.5. The molecular formula is C13H13N3O5. The Bertz CT molecular complexity index is 646. The van der Waals surface area contributed by atoms with Gasteiger partial charge in [0.2, 0.25) is 0 Å². The van der Waals surface area contributed by atoms with E-state index < -0.39 is 11.9 Å². The van der Waals surface area contributed by atoms with Crippen LogP contribution in [0.4, 0.5) is 0 Å². The number of ether oxygens (including phenoxy) is 2. The van der Waals surface area contributed by atoms with Gasteiger partial charge in [-0.3, -0.25) is 0 Å². The molecule has 1 heterocycles. The zero-order valence-electron chi connectivity index (χ0n) is 11.4. The number of rotatable bonds is 4. The van der Waals surface area contributed by atoms with Gasteiger partial charge in [0, 0.05) is 0 Å². The highest BCUT2D eigenvalue weighted by atomic mass is 16.5. The normalized spacial score (nSPS) is 10.2. The third-order valence-corrected chi connectivity index (χ3v) is 2.73. The number of hydrogen-bond acceptors (Lipinski definition) is 7. The molecule has 0 radical (unpaired) electrons. The average molecular weight is 291 g/mol. The van der Waals surface area contributed by atoms with Crippen LogP contribution in [0.15, 0.2) is 24.4 Å². The topological polar surface area (TPSA) is 104 Å². The number of aliphatic hydroxyl groups is 1. The van der Waals surface area contributed by atoms with E-state index >= 15 is 0 Å². The maximum atomic E-state index is 11.7. The number of hydrogen-bond donors (Lipinski definition) is 1. The molecule has 1 aromatic carbocycles. The minimum atomic E-state index is -0.593. The second-order valence-corrected chi connectivity index (χ2v) is 4.06. The highest BCUT2D eigenvalue weighted by Crippen LogP contribution is 2.16. The molecule has 0 fully saturated rings. The average Bonchev–Trinajstić information content (AvgIpc) is 3.01. The van der Waals surface area contributed by atoms with Gasteiger partial charge in [0.05, 0.1) is 43.8 Å². The van der Waals surface area contributed by atoms with Crippen molar-refractivity contribution in [2.24, 2.45) is 0 Å². The van der Waals surface area contributed by atoms with Gasteiger partial charge in [0.15, 0.2) is 0 Å². The van der Waals surface area contributed by atoms with Gasteiger partial charge in [-0.1, -0.05) is 5.21 Å². The van der Waals surface area contributed by atoms with Gasteiger partial charge in [-0.05, 0) is 18.2 Å². The lowest BCUT2D eigenvalue weighted by Crippen LogP contribution is -2.09. The maximum absolute atomic E-state index is 11.7. The first-order valence-electron chi connectivity index (χ1n) is 5.93. The van der Waals surface area contributed by atoms with Crippen LogP contribution in [0.1, 0.15) is 26.4 Å². The third kappa shape index (κ3) is 3.06. The van der Waals surface area contributed by atoms with Crippen molar-refractivity contribution in [2.45, 2.75) is 6.61 Å². The Morgan fingerprint density at radius 3 is 2.14 bits per heavy atom. The number of carbonyl (C=O) groups is 2. The summed E-state index contributed by atoms with van der Waals surface area (Å²) < 4.78 is 10.6. The molecule has 0 spiro atoms. The third-order valence-electron chi connectivity index (χ3n) is 2.73. The Balaban J connectivity index is 2.53. The van der Waals surface area contributed by atoms with Gasteiger partial charge in [-0.15, -0.1) is 5.10 Å². The van der Waals surface area contributed by atoms with E-state index in [9.17, 15) is 9.59 Å². The summed E-state index contributed by atoms with van der Waals surface area (Å²) in [5.41, 5.74) is 1.14. The molecule has 0 amide bonds. The van der Waals surface area contributed by atoms with E-state index in [4.69, 9.17) is 5.11 Å². The highest BCUT2D eigenvalue weighted by molar-refractivity contribution is 5.96. The first-order valence-corrected chi connectivity index (χ1v) is 5.93. The molecule has 0 bridgehead atoms. The summed E-state index contributed by atoms with van der Waals surface area (Å²) in [6.45, 7) is -0.263. The van der Waals surface area contributed by atoms with Crippen LogP contribution in [0.2, 0.25) is 0 Å². The number of methoxy groups -OCH3 is 2. The maximum Gasteiger partial charge on any atom is 0.337 e. The second-order valence-electron chi connectivity index (χ2n) is 4.06. The molecule has 0 aliphatic heterocycles. The van der Waals surface area contributed by atoms with Crippen LogP contribution >= 0.6 is 0 Å². The lowest BCUT2D eigenvalue weighted by atomic mass is 10.1. The van der Waals surface area contributed by atoms with Crippen LogP contribution in [0.25, 0.3) is 5.69 Å². The highest BCUT2D eigenvalue weighted by Gasteiger charge is 2.15. The Labute approximate surface area is 119 Å². The number of aromatic nitrogens is 3. The fourth-order valence-electron chi connectivity index (χ4n) is 1.71. The van der Waals surface area contributed by atoms with Crippen LogP contribution in [-0.4, -0.2) is 46.3 Å². The molecule has 1 N–H and O–H groups in total. The first-order chi connectivity index (χ1) is 10.1. The second kappa shape index (κ2) is 6.14. The molecule has 8 nitrogen and oxygen atoms in total. The molecule has 0 saturated carbocycles. The van der Waals surface area contributed by atoms with Gasteiger partial charge in [-0.2, -0.15) is 0 Å². The molecular weight excluding hydrogens is 278 g/mol. The molecule has 0 atom stereocenters. The molecule has 1 aromatic heterocycles. The first kappa shape index (κ1) is 14.7. The smallest absolute Gasteiger partial charge is 0.337 e. The summed E-state index contributed by atoms with van der Waals surface area (Å²) in [7, 11) is 2.48. The van der Waals surface area contributed by atoms with Crippen molar-refractivity contribution >= 4 is 11.9 Å². The number of carbonyl (C=O) groups excluding carboxylic acids is 2. The summed E-state index contributed by atoms with van der Waals surface area (Å²) in [6, 6.07) is 4.35. The van der Waals surface area contributed by atoms with Crippen molar-refractivity contribution in [2.75, 3.05) is 14.2 Å². The Hall–Kier alpha value is -2.74. The van der Waals surface area contributed by atoms with E-state index in [1.807, 2.05) is 0 Å². The van der Waals surface area contributed by atoms with Gasteiger partial charge < -0.3 is 14.6 Å². The Morgan fingerprint density at radius 2 is 1.71 bits per heavy atom. The summed E-state index contributed by atoms with van der Waals surface area (Å²) in [5.74, 6) is -1.19. The van der Waals surface area contributed by atoms with Gasteiger partial charge in [0.25, 0.3) is 0 Å². The Morgan fingerprint density at radius 1 is 1.14 bits per heavy atom. The fraction of sp³-hybridized carbons (Fsp3) is 0.231. The van der Waals surface area contributed by atoms with Crippen molar-refractivity contribution in [3.8, 4) is 5.69 Å². The SMILES string of the molecule is COC(=O)c1cc(C(=O)OC)cc(-n2cc(CO)nn2)c1. The molecule has 2 aromatic rings. The molecule has 0 saturated heterocycles. The molecule has 0 aliphatic carbocycles. The van der Waals surface area contributed by atoms with Crippen molar-refractivity contribution < 1.29 is 24.2 Å². The van der Waals surface area contributed by atoms with Crippen molar-refractivity contribution in [3.05, 3.63) is 41.2 Å². The molecule has 0 unspecified atom stereocenters. The van der Waals surface area contributed by atoms with Crippen LogP contribution in [0.3, 0.4) is 0 Å². The molecule has 21 heavy (non-hydrogen) atoms. The van der Waals surface area contributed by atoms with E-state index in [0.29, 0.717) is 11.4 Å². The molecule has 2 rings (SSSR count). The number of esters is 2. The predicted octanol–water partition coefficient (Wildman–Crippen LogP) is 0.333. The van der Waals surface area contributed by atoms with Crippen LogP contribution in [0.5, 0.6) is 0 Å². The van der Waals surface area contributed by atoms with Crippen LogP contribution in [0, 0.1) is 0 Å². The van der Waals surface area contributed by atoms with Gasteiger partial charge in [0.1, 0.15) is 5.69 Å². The van der Waals surface area contributed by atoms with Crippen LogP contribution in [-0.2, 0) is 16.1 Å². The number of aliphatic hydroxyl groups excluding tert-OH is 1.